The highest BCUT2D eigenvalue weighted by Crippen LogP contribution is 2.44. The van der Waals surface area contributed by atoms with E-state index in [0.717, 1.165) is 21.9 Å². The predicted octanol–water partition coefficient (Wildman–Crippen LogP) is 3.98. The largest absolute Gasteiger partial charge is 0.497 e. The summed E-state index contributed by atoms with van der Waals surface area (Å²) in [5, 5.41) is 15.2. The van der Waals surface area contributed by atoms with Crippen LogP contribution in [0.1, 0.15) is 11.1 Å². The van der Waals surface area contributed by atoms with Crippen LogP contribution in [0, 0.1) is 0 Å². The monoisotopic (exact) mass is 360 g/mol. The number of anilines is 2. The number of fused-ring (bicyclic) bond motifs is 1. The van der Waals surface area contributed by atoms with E-state index in [1.807, 2.05) is 66.7 Å². The zero-order valence-corrected chi connectivity index (χ0v) is 14.9. The highest BCUT2D eigenvalue weighted by molar-refractivity contribution is 6.08. The molecule has 136 valence electrons. The molecule has 0 aromatic heterocycles. The fourth-order valence-corrected chi connectivity index (χ4v) is 3.59. The van der Waals surface area contributed by atoms with Gasteiger partial charge in [0, 0.05) is 17.7 Å². The Kier molecular flexibility index (Phi) is 4.30. The molecule has 0 unspecified atom stereocenters. The van der Waals surface area contributed by atoms with Crippen molar-refractivity contribution >= 4 is 17.3 Å². The molecule has 2 N–H and O–H groups in total. The van der Waals surface area contributed by atoms with Crippen LogP contribution in [0.5, 0.6) is 5.75 Å². The first-order valence-corrected chi connectivity index (χ1v) is 8.73. The summed E-state index contributed by atoms with van der Waals surface area (Å²) in [5.41, 5.74) is 1.67. The molecule has 0 bridgehead atoms. The number of benzene rings is 3. The van der Waals surface area contributed by atoms with E-state index in [2.05, 4.69) is 5.32 Å². The summed E-state index contributed by atoms with van der Waals surface area (Å²) >= 11 is 0. The molecule has 1 aliphatic heterocycles. The second-order valence-electron chi connectivity index (χ2n) is 6.53. The molecular formula is C22H20N2O3. The summed E-state index contributed by atoms with van der Waals surface area (Å²) in [6, 6.07) is 24.1. The Balaban J connectivity index is 1.84. The van der Waals surface area contributed by atoms with Crippen LogP contribution in [-0.2, 0) is 16.8 Å². The lowest BCUT2D eigenvalue weighted by Gasteiger charge is -2.36. The Morgan fingerprint density at radius 2 is 1.63 bits per heavy atom. The number of hydrogen-bond acceptors (Lipinski definition) is 4. The molecule has 1 amide bonds. The van der Waals surface area contributed by atoms with E-state index in [4.69, 9.17) is 4.74 Å². The molecular weight excluding hydrogens is 340 g/mol. The van der Waals surface area contributed by atoms with Gasteiger partial charge in [-0.05, 0) is 35.9 Å². The Hall–Kier alpha value is -3.31. The molecule has 3 aromatic carbocycles. The van der Waals surface area contributed by atoms with Crippen LogP contribution in [0.15, 0.2) is 78.9 Å². The Morgan fingerprint density at radius 3 is 2.33 bits per heavy atom. The van der Waals surface area contributed by atoms with E-state index in [-0.39, 0.29) is 5.91 Å². The standard InChI is InChI=1S/C22H20N2O3/c1-27-18-13-11-16(12-14-18)15-22(24(26)17-7-3-2-4-8-17)19-9-5-6-10-20(19)23-21(22)25/h2-14,26H,15H2,1H3,(H,23,25)/t22-/m1/s1. The zero-order valence-electron chi connectivity index (χ0n) is 14.9. The van der Waals surface area contributed by atoms with Gasteiger partial charge in [0.1, 0.15) is 5.75 Å². The predicted molar refractivity (Wildman–Crippen MR) is 104 cm³/mol. The zero-order chi connectivity index (χ0) is 18.9. The van der Waals surface area contributed by atoms with Gasteiger partial charge in [0.25, 0.3) is 5.91 Å². The molecule has 5 nitrogen and oxygen atoms in total. The number of carbonyl (C=O) groups is 1. The van der Waals surface area contributed by atoms with Crippen LogP contribution in [-0.4, -0.2) is 18.2 Å². The molecule has 3 aromatic rings. The van der Waals surface area contributed by atoms with Crippen LogP contribution in [0.25, 0.3) is 0 Å². The van der Waals surface area contributed by atoms with Gasteiger partial charge in [0.2, 0.25) is 0 Å². The van der Waals surface area contributed by atoms with Crippen molar-refractivity contribution in [3.05, 3.63) is 90.0 Å². The van der Waals surface area contributed by atoms with Crippen LogP contribution >= 0.6 is 0 Å². The molecule has 0 radical (unpaired) electrons. The van der Waals surface area contributed by atoms with Gasteiger partial charge in [-0.2, -0.15) is 0 Å². The quantitative estimate of drug-likeness (QED) is 0.676. The number of para-hydroxylation sites is 2. The summed E-state index contributed by atoms with van der Waals surface area (Å²) in [7, 11) is 1.61. The number of nitrogens with one attached hydrogen (secondary N) is 1. The van der Waals surface area contributed by atoms with E-state index in [9.17, 15) is 10.0 Å². The van der Waals surface area contributed by atoms with E-state index in [1.165, 1.54) is 0 Å². The lowest BCUT2D eigenvalue weighted by molar-refractivity contribution is -0.123. The van der Waals surface area contributed by atoms with Crippen LogP contribution in [0.2, 0.25) is 0 Å². The summed E-state index contributed by atoms with van der Waals surface area (Å²) in [5.74, 6) is 0.485. The van der Waals surface area contributed by atoms with E-state index in [1.54, 1.807) is 19.2 Å². The van der Waals surface area contributed by atoms with Gasteiger partial charge in [0.15, 0.2) is 5.54 Å². The van der Waals surface area contributed by atoms with Crippen molar-refractivity contribution in [3.8, 4) is 5.75 Å². The lowest BCUT2D eigenvalue weighted by Crippen LogP contribution is -2.51. The molecule has 5 heteroatoms. The van der Waals surface area contributed by atoms with Crippen LogP contribution in [0.4, 0.5) is 11.4 Å². The Labute approximate surface area is 157 Å². The Bertz CT molecular complexity index is 957. The number of hydroxylamine groups is 1. The van der Waals surface area contributed by atoms with Crippen molar-refractivity contribution in [1.82, 2.24) is 0 Å². The molecule has 27 heavy (non-hydrogen) atoms. The molecule has 1 atom stereocenters. The van der Waals surface area contributed by atoms with Gasteiger partial charge in [-0.1, -0.05) is 48.5 Å². The molecule has 0 spiro atoms. The summed E-state index contributed by atoms with van der Waals surface area (Å²) in [6.45, 7) is 0. The second kappa shape index (κ2) is 6.78. The normalized spacial score (nSPS) is 17.9. The second-order valence-corrected chi connectivity index (χ2v) is 6.53. The number of amides is 1. The smallest absolute Gasteiger partial charge is 0.257 e. The van der Waals surface area contributed by atoms with Crippen molar-refractivity contribution in [2.45, 2.75) is 12.0 Å². The van der Waals surface area contributed by atoms with E-state index >= 15 is 0 Å². The van der Waals surface area contributed by atoms with Gasteiger partial charge < -0.3 is 10.1 Å². The number of rotatable bonds is 5. The first kappa shape index (κ1) is 17.1. The van der Waals surface area contributed by atoms with Crippen molar-refractivity contribution in [3.63, 3.8) is 0 Å². The van der Waals surface area contributed by atoms with Gasteiger partial charge >= 0.3 is 0 Å². The molecule has 4 rings (SSSR count). The van der Waals surface area contributed by atoms with E-state index < -0.39 is 5.54 Å². The molecule has 0 fully saturated rings. The number of nitrogens with zero attached hydrogens (tertiary/aromatic N) is 1. The highest BCUT2D eigenvalue weighted by atomic mass is 16.5. The van der Waals surface area contributed by atoms with Gasteiger partial charge in [-0.25, -0.2) is 5.06 Å². The first-order valence-electron chi connectivity index (χ1n) is 8.73. The van der Waals surface area contributed by atoms with Crippen LogP contribution in [0.3, 0.4) is 0 Å². The number of methoxy groups -OCH3 is 1. The van der Waals surface area contributed by atoms with Crippen LogP contribution < -0.4 is 15.1 Å². The van der Waals surface area contributed by atoms with E-state index in [0.29, 0.717) is 17.8 Å². The molecule has 1 aliphatic rings. The maximum Gasteiger partial charge on any atom is 0.257 e. The third kappa shape index (κ3) is 2.82. The van der Waals surface area contributed by atoms with Gasteiger partial charge in [0.05, 0.1) is 12.8 Å². The van der Waals surface area contributed by atoms with Gasteiger partial charge in [-0.15, -0.1) is 0 Å². The topological polar surface area (TPSA) is 61.8 Å². The van der Waals surface area contributed by atoms with Gasteiger partial charge in [-0.3, -0.25) is 10.0 Å². The van der Waals surface area contributed by atoms with Crippen molar-refractivity contribution in [1.29, 1.82) is 0 Å². The first-order chi connectivity index (χ1) is 13.1. The lowest BCUT2D eigenvalue weighted by atomic mass is 9.84. The summed E-state index contributed by atoms with van der Waals surface area (Å²) < 4.78 is 5.22. The highest BCUT2D eigenvalue weighted by Gasteiger charge is 2.51. The van der Waals surface area contributed by atoms with Crippen molar-refractivity contribution in [2.24, 2.45) is 0 Å². The molecule has 0 saturated carbocycles. The summed E-state index contributed by atoms with van der Waals surface area (Å²) in [6.07, 6.45) is 0.311. The fraction of sp³-hybridized carbons (Fsp3) is 0.136. The third-order valence-electron chi connectivity index (χ3n) is 4.98. The molecule has 0 saturated heterocycles. The number of ether oxygens (including phenoxy) is 1. The van der Waals surface area contributed by atoms with Crippen molar-refractivity contribution < 1.29 is 14.7 Å². The maximum absolute atomic E-state index is 13.2. The molecule has 0 aliphatic carbocycles. The SMILES string of the molecule is COc1ccc(C[C@]2(N(O)c3ccccc3)C(=O)Nc3ccccc32)cc1. The number of carbonyl (C=O) groups excluding carboxylic acids is 1. The third-order valence-corrected chi connectivity index (χ3v) is 4.98. The fourth-order valence-electron chi connectivity index (χ4n) is 3.59. The minimum atomic E-state index is -1.26. The molecule has 1 heterocycles. The minimum absolute atomic E-state index is 0.258. The average Bonchev–Trinajstić information content (AvgIpc) is 3.01. The summed E-state index contributed by atoms with van der Waals surface area (Å²) in [4.78, 5) is 13.2. The minimum Gasteiger partial charge on any atom is -0.497 e. The Morgan fingerprint density at radius 1 is 0.963 bits per heavy atom. The number of hydrogen-bond donors (Lipinski definition) is 2. The average molecular weight is 360 g/mol. The van der Waals surface area contributed by atoms with Crippen molar-refractivity contribution in [2.75, 3.05) is 17.5 Å². The maximum atomic E-state index is 13.2.